The molecule has 29 heavy (non-hydrogen) atoms. The Balaban J connectivity index is 1.93. The summed E-state index contributed by atoms with van der Waals surface area (Å²) in [5.74, 6) is 0.780. The molecule has 0 spiro atoms. The number of hydrogen-bond donors (Lipinski definition) is 1. The van der Waals surface area contributed by atoms with Crippen LogP contribution in [0.5, 0.6) is 0 Å². The smallest absolute Gasteiger partial charge is 0.123 e. The molecular weight excluding hydrogens is 381 g/mol. The summed E-state index contributed by atoms with van der Waals surface area (Å²) in [5, 5.41) is 2.28. The Morgan fingerprint density at radius 3 is 2.59 bits per heavy atom. The molecule has 1 N–H and O–H groups in total. The Labute approximate surface area is 179 Å². The molecule has 156 valence electrons. The second-order valence-electron chi connectivity index (χ2n) is 7.60. The third-order valence-electron chi connectivity index (χ3n) is 5.40. The van der Waals surface area contributed by atoms with Gasteiger partial charge in [0.2, 0.25) is 0 Å². The average Bonchev–Trinajstić information content (AvgIpc) is 3.12. The van der Waals surface area contributed by atoms with E-state index in [1.165, 1.54) is 22.5 Å². The number of rotatable bonds is 7. The van der Waals surface area contributed by atoms with E-state index in [-0.39, 0.29) is 17.2 Å². The molecule has 1 fully saturated rings. The predicted octanol–water partition coefficient (Wildman–Crippen LogP) is 6.20. The summed E-state index contributed by atoms with van der Waals surface area (Å²) in [7, 11) is 2.06. The van der Waals surface area contributed by atoms with Crippen molar-refractivity contribution in [3.63, 3.8) is 0 Å². The maximum atomic E-state index is 13.5. The van der Waals surface area contributed by atoms with Gasteiger partial charge in [0.05, 0.1) is 0 Å². The quantitative estimate of drug-likeness (QED) is 0.545. The molecule has 0 radical (unpaired) electrons. The maximum Gasteiger partial charge on any atom is 0.123 e. The number of allylic oxidation sites excluding steroid dienone is 1. The summed E-state index contributed by atoms with van der Waals surface area (Å²) in [4.78, 5) is 2.43. The van der Waals surface area contributed by atoms with Gasteiger partial charge < -0.3 is 4.90 Å². The number of halogens is 1. The topological polar surface area (TPSA) is 18.5 Å². The van der Waals surface area contributed by atoms with E-state index >= 15 is 0 Å². The minimum Gasteiger partial charge on any atom is -0.328 e. The standard InChI is InChI=1S/C24H32FN3S/c1-6-8-22-16-29-24(19-9-12-21(25)13-10-19)28(22)23-14-11-20(15-17(23)3)18(4)26-27(5)7-2/h8-15,18,24,26H,6-7,16H2,1-5H3/b22-8-. The largest absolute Gasteiger partial charge is 0.328 e. The lowest BCUT2D eigenvalue weighted by Crippen LogP contribution is -2.36. The van der Waals surface area contributed by atoms with E-state index in [4.69, 9.17) is 0 Å². The summed E-state index contributed by atoms with van der Waals surface area (Å²) >= 11 is 1.90. The third-order valence-corrected chi connectivity index (χ3v) is 6.66. The van der Waals surface area contributed by atoms with Crippen molar-refractivity contribution < 1.29 is 4.39 Å². The third kappa shape index (κ3) is 5.03. The van der Waals surface area contributed by atoms with Crippen molar-refractivity contribution in [1.82, 2.24) is 10.4 Å². The Hall–Kier alpha value is -1.82. The number of hydrazine groups is 1. The van der Waals surface area contributed by atoms with Crippen LogP contribution in [-0.4, -0.2) is 24.4 Å². The fraction of sp³-hybridized carbons (Fsp3) is 0.417. The molecule has 0 bridgehead atoms. The van der Waals surface area contributed by atoms with Crippen LogP contribution < -0.4 is 10.3 Å². The summed E-state index contributed by atoms with van der Waals surface area (Å²) < 4.78 is 13.5. The molecule has 2 unspecified atom stereocenters. The van der Waals surface area contributed by atoms with Gasteiger partial charge in [0, 0.05) is 36.8 Å². The first-order valence-electron chi connectivity index (χ1n) is 10.4. The lowest BCUT2D eigenvalue weighted by atomic mass is 10.0. The normalized spacial score (nSPS) is 19.3. The van der Waals surface area contributed by atoms with E-state index in [2.05, 4.69) is 74.4 Å². The van der Waals surface area contributed by atoms with Crippen LogP contribution in [0.4, 0.5) is 10.1 Å². The molecule has 0 amide bonds. The molecular formula is C24H32FN3S. The van der Waals surface area contributed by atoms with Gasteiger partial charge in [0.25, 0.3) is 0 Å². The molecule has 0 saturated carbocycles. The Bertz CT molecular complexity index is 850. The van der Waals surface area contributed by atoms with Crippen LogP contribution >= 0.6 is 11.8 Å². The fourth-order valence-electron chi connectivity index (χ4n) is 3.72. The van der Waals surface area contributed by atoms with Crippen molar-refractivity contribution in [2.24, 2.45) is 0 Å². The molecule has 0 aromatic heterocycles. The Morgan fingerprint density at radius 2 is 1.97 bits per heavy atom. The van der Waals surface area contributed by atoms with Crippen molar-refractivity contribution in [3.05, 3.63) is 76.7 Å². The maximum absolute atomic E-state index is 13.5. The van der Waals surface area contributed by atoms with Crippen molar-refractivity contribution >= 4 is 17.4 Å². The van der Waals surface area contributed by atoms with Crippen LogP contribution in [0.25, 0.3) is 0 Å². The van der Waals surface area contributed by atoms with Crippen LogP contribution in [0.1, 0.15) is 55.3 Å². The van der Waals surface area contributed by atoms with E-state index in [0.717, 1.165) is 24.3 Å². The van der Waals surface area contributed by atoms with E-state index in [9.17, 15) is 4.39 Å². The highest BCUT2D eigenvalue weighted by molar-refractivity contribution is 8.00. The van der Waals surface area contributed by atoms with Gasteiger partial charge in [-0.3, -0.25) is 0 Å². The van der Waals surface area contributed by atoms with E-state index in [1.54, 1.807) is 12.1 Å². The van der Waals surface area contributed by atoms with Gasteiger partial charge in [0.1, 0.15) is 11.2 Å². The van der Waals surface area contributed by atoms with E-state index < -0.39 is 0 Å². The number of hydrogen-bond acceptors (Lipinski definition) is 4. The number of anilines is 1. The summed E-state index contributed by atoms with van der Waals surface area (Å²) in [6.45, 7) is 9.64. The summed E-state index contributed by atoms with van der Waals surface area (Å²) in [6.07, 6.45) is 3.31. The van der Waals surface area contributed by atoms with Crippen LogP contribution in [0, 0.1) is 12.7 Å². The lowest BCUT2D eigenvalue weighted by Gasteiger charge is -2.30. The molecule has 0 aliphatic carbocycles. The number of aryl methyl sites for hydroxylation is 1. The first kappa shape index (κ1) is 21.9. The number of nitrogens with zero attached hydrogens (tertiary/aromatic N) is 2. The zero-order chi connectivity index (χ0) is 21.0. The van der Waals surface area contributed by atoms with Gasteiger partial charge >= 0.3 is 0 Å². The van der Waals surface area contributed by atoms with Gasteiger partial charge in [-0.1, -0.05) is 44.2 Å². The van der Waals surface area contributed by atoms with Crippen LogP contribution in [-0.2, 0) is 0 Å². The Morgan fingerprint density at radius 1 is 1.24 bits per heavy atom. The van der Waals surface area contributed by atoms with Gasteiger partial charge in [0.15, 0.2) is 0 Å². The van der Waals surface area contributed by atoms with Gasteiger partial charge in [-0.2, -0.15) is 0 Å². The molecule has 2 aromatic carbocycles. The van der Waals surface area contributed by atoms with Crippen molar-refractivity contribution in [2.45, 2.75) is 45.5 Å². The zero-order valence-corrected chi connectivity index (χ0v) is 18.9. The zero-order valence-electron chi connectivity index (χ0n) is 18.1. The summed E-state index contributed by atoms with van der Waals surface area (Å²) in [6, 6.07) is 13.9. The average molecular weight is 414 g/mol. The first-order valence-corrected chi connectivity index (χ1v) is 11.4. The SMILES string of the molecule is CC/C=C1/CSC(c2ccc(F)cc2)N1c1ccc(C(C)NN(C)CC)cc1C. The second kappa shape index (κ2) is 9.79. The van der Waals surface area contributed by atoms with E-state index in [1.807, 2.05) is 23.9 Å². The van der Waals surface area contributed by atoms with Gasteiger partial charge in [-0.15, -0.1) is 11.8 Å². The molecule has 1 saturated heterocycles. The highest BCUT2D eigenvalue weighted by Crippen LogP contribution is 2.47. The highest BCUT2D eigenvalue weighted by Gasteiger charge is 2.32. The first-order chi connectivity index (χ1) is 13.9. The van der Waals surface area contributed by atoms with Gasteiger partial charge in [-0.25, -0.2) is 14.8 Å². The predicted molar refractivity (Wildman–Crippen MR) is 123 cm³/mol. The van der Waals surface area contributed by atoms with Gasteiger partial charge in [-0.05, 0) is 55.2 Å². The molecule has 1 aliphatic rings. The number of thioether (sulfide) groups is 1. The monoisotopic (exact) mass is 413 g/mol. The van der Waals surface area contributed by atoms with Crippen LogP contribution in [0.15, 0.2) is 54.2 Å². The summed E-state index contributed by atoms with van der Waals surface area (Å²) in [5.41, 5.74) is 9.73. The van der Waals surface area contributed by atoms with E-state index in [0.29, 0.717) is 0 Å². The molecule has 3 nitrogen and oxygen atoms in total. The molecule has 1 aliphatic heterocycles. The second-order valence-corrected chi connectivity index (χ2v) is 8.67. The van der Waals surface area contributed by atoms with Crippen molar-refractivity contribution in [2.75, 3.05) is 24.2 Å². The Kier molecular flexibility index (Phi) is 7.38. The van der Waals surface area contributed by atoms with Crippen molar-refractivity contribution in [3.8, 4) is 0 Å². The fourth-order valence-corrected chi connectivity index (χ4v) is 5.05. The highest BCUT2D eigenvalue weighted by atomic mass is 32.2. The molecule has 3 rings (SSSR count). The molecule has 5 heteroatoms. The van der Waals surface area contributed by atoms with Crippen LogP contribution in [0.3, 0.4) is 0 Å². The number of nitrogens with one attached hydrogen (secondary N) is 1. The number of benzene rings is 2. The molecule has 1 heterocycles. The minimum atomic E-state index is -0.188. The van der Waals surface area contributed by atoms with Crippen molar-refractivity contribution in [1.29, 1.82) is 0 Å². The molecule has 2 aromatic rings. The van der Waals surface area contributed by atoms with Crippen LogP contribution in [0.2, 0.25) is 0 Å². The minimum absolute atomic E-state index is 0.166. The molecule has 2 atom stereocenters. The lowest BCUT2D eigenvalue weighted by molar-refractivity contribution is 0.215.